The number of nitrogens with one attached hydrogen (secondary N) is 1. The van der Waals surface area contributed by atoms with Gasteiger partial charge in [0.25, 0.3) is 0 Å². The van der Waals surface area contributed by atoms with E-state index in [1.165, 1.54) is 44.2 Å². The van der Waals surface area contributed by atoms with E-state index >= 15 is 0 Å². The molecule has 154 valence electrons. The van der Waals surface area contributed by atoms with Gasteiger partial charge in [0, 0.05) is 16.8 Å². The maximum absolute atomic E-state index is 12.4. The van der Waals surface area contributed by atoms with Gasteiger partial charge in [-0.1, -0.05) is 12.1 Å². The van der Waals surface area contributed by atoms with Crippen molar-refractivity contribution in [3.05, 3.63) is 59.7 Å². The Labute approximate surface area is 168 Å². The first-order chi connectivity index (χ1) is 13.5. The van der Waals surface area contributed by atoms with Crippen molar-refractivity contribution in [3.63, 3.8) is 0 Å². The number of esters is 1. The van der Waals surface area contributed by atoms with Gasteiger partial charge in [0.05, 0.1) is 6.26 Å². The molecule has 0 spiro atoms. The topological polar surface area (TPSA) is 116 Å². The Kier molecular flexibility index (Phi) is 7.11. The lowest BCUT2D eigenvalue weighted by molar-refractivity contribution is -0.148. The molecule has 0 saturated heterocycles. The van der Waals surface area contributed by atoms with Gasteiger partial charge >= 0.3 is 5.97 Å². The van der Waals surface area contributed by atoms with Crippen LogP contribution in [0.2, 0.25) is 0 Å². The number of hydrogen-bond donors (Lipinski definition) is 1. The number of ether oxygens (including phenoxy) is 2. The molecule has 0 heterocycles. The van der Waals surface area contributed by atoms with Crippen molar-refractivity contribution in [2.75, 3.05) is 17.6 Å². The van der Waals surface area contributed by atoms with Crippen molar-refractivity contribution in [2.24, 2.45) is 0 Å². The molecule has 1 N–H and O–H groups in total. The first-order valence-corrected chi connectivity index (χ1v) is 10.5. The molecular formula is C20H21NO7S. The third-order valence-electron chi connectivity index (χ3n) is 3.75. The highest BCUT2D eigenvalue weighted by Crippen LogP contribution is 2.15. The Morgan fingerprint density at radius 3 is 2.28 bits per heavy atom. The summed E-state index contributed by atoms with van der Waals surface area (Å²) in [5, 5.41) is 0. The van der Waals surface area contributed by atoms with E-state index in [1.807, 2.05) is 0 Å². The van der Waals surface area contributed by atoms with Gasteiger partial charge in [0.2, 0.25) is 15.8 Å². The minimum atomic E-state index is -3.42. The highest BCUT2D eigenvalue weighted by molar-refractivity contribution is 7.92. The molecule has 0 unspecified atom stereocenters. The van der Waals surface area contributed by atoms with E-state index in [1.54, 1.807) is 18.2 Å². The van der Waals surface area contributed by atoms with Crippen LogP contribution in [0.15, 0.2) is 48.5 Å². The van der Waals surface area contributed by atoms with Gasteiger partial charge in [-0.3, -0.25) is 14.3 Å². The van der Waals surface area contributed by atoms with E-state index in [-0.39, 0.29) is 11.3 Å². The first kappa shape index (κ1) is 22.1. The smallest absolute Gasteiger partial charge is 0.344 e. The molecule has 2 aromatic rings. The molecule has 0 saturated carbocycles. The standard InChI is InChI=1S/C20H21NO7S/c1-13(22)16-5-4-6-18(11-16)27-12-19(23)28-14(2)20(24)15-7-9-17(10-8-15)21-29(3,25)26/h4-11,14,21H,12H2,1-3H3/t14-/m0/s1. The number of Topliss-reactive ketones (excluding diaryl/α,β-unsaturated/α-hetero) is 2. The third-order valence-corrected chi connectivity index (χ3v) is 4.35. The van der Waals surface area contributed by atoms with Crippen molar-refractivity contribution < 1.29 is 32.3 Å². The second kappa shape index (κ2) is 9.33. The van der Waals surface area contributed by atoms with Crippen LogP contribution in [0.5, 0.6) is 5.75 Å². The number of anilines is 1. The number of hydrogen-bond acceptors (Lipinski definition) is 7. The number of carbonyl (C=O) groups is 3. The molecular weight excluding hydrogens is 398 g/mol. The summed E-state index contributed by atoms with van der Waals surface area (Å²) in [7, 11) is -3.42. The van der Waals surface area contributed by atoms with Gasteiger partial charge in [-0.05, 0) is 50.2 Å². The maximum Gasteiger partial charge on any atom is 0.344 e. The number of carbonyl (C=O) groups excluding carboxylic acids is 3. The molecule has 0 fully saturated rings. The second-order valence-electron chi connectivity index (χ2n) is 6.32. The van der Waals surface area contributed by atoms with E-state index in [0.29, 0.717) is 17.0 Å². The zero-order valence-electron chi connectivity index (χ0n) is 16.2. The summed E-state index contributed by atoms with van der Waals surface area (Å²) in [6.07, 6.45) is -0.0326. The Hall–Kier alpha value is -3.20. The van der Waals surface area contributed by atoms with Gasteiger partial charge in [0.1, 0.15) is 5.75 Å². The van der Waals surface area contributed by atoms with E-state index < -0.39 is 34.5 Å². The highest BCUT2D eigenvalue weighted by Gasteiger charge is 2.20. The average Bonchev–Trinajstić information content (AvgIpc) is 2.65. The summed E-state index contributed by atoms with van der Waals surface area (Å²) < 4.78 is 35.1. The molecule has 0 aliphatic carbocycles. The van der Waals surface area contributed by atoms with E-state index in [0.717, 1.165) is 6.26 Å². The average molecular weight is 419 g/mol. The van der Waals surface area contributed by atoms with E-state index in [9.17, 15) is 22.8 Å². The molecule has 0 radical (unpaired) electrons. The van der Waals surface area contributed by atoms with E-state index in [2.05, 4.69) is 4.72 Å². The fourth-order valence-corrected chi connectivity index (χ4v) is 2.95. The quantitative estimate of drug-likeness (QED) is 0.490. The van der Waals surface area contributed by atoms with Crippen LogP contribution in [-0.2, 0) is 19.6 Å². The minimum Gasteiger partial charge on any atom is -0.482 e. The number of sulfonamides is 1. The highest BCUT2D eigenvalue weighted by atomic mass is 32.2. The fraction of sp³-hybridized carbons (Fsp3) is 0.250. The SMILES string of the molecule is CC(=O)c1cccc(OCC(=O)O[C@@H](C)C(=O)c2ccc(NS(C)(=O)=O)cc2)c1. The summed E-state index contributed by atoms with van der Waals surface area (Å²) in [4.78, 5) is 35.7. The molecule has 9 heteroatoms. The minimum absolute atomic E-state index is 0.130. The van der Waals surface area contributed by atoms with Crippen LogP contribution in [0.4, 0.5) is 5.69 Å². The zero-order chi connectivity index (χ0) is 21.6. The monoisotopic (exact) mass is 419 g/mol. The van der Waals surface area contributed by atoms with Gasteiger partial charge in [-0.15, -0.1) is 0 Å². The lowest BCUT2D eigenvalue weighted by atomic mass is 10.1. The summed E-state index contributed by atoms with van der Waals surface area (Å²) in [6, 6.07) is 12.1. The predicted molar refractivity (Wildman–Crippen MR) is 107 cm³/mol. The Balaban J connectivity index is 1.91. The Morgan fingerprint density at radius 2 is 1.69 bits per heavy atom. The fourth-order valence-electron chi connectivity index (χ4n) is 2.38. The Bertz CT molecular complexity index is 1010. The number of benzene rings is 2. The van der Waals surface area contributed by atoms with Crippen LogP contribution in [0.3, 0.4) is 0 Å². The van der Waals surface area contributed by atoms with Crippen molar-refractivity contribution >= 4 is 33.2 Å². The molecule has 0 bridgehead atoms. The number of ketones is 2. The summed E-state index contributed by atoms with van der Waals surface area (Å²) in [6.45, 7) is 2.43. The zero-order valence-corrected chi connectivity index (χ0v) is 17.0. The van der Waals surface area contributed by atoms with E-state index in [4.69, 9.17) is 9.47 Å². The van der Waals surface area contributed by atoms with Crippen molar-refractivity contribution in [1.29, 1.82) is 0 Å². The molecule has 0 aliphatic rings. The summed E-state index contributed by atoms with van der Waals surface area (Å²) in [5.74, 6) is -0.977. The summed E-state index contributed by atoms with van der Waals surface area (Å²) >= 11 is 0. The predicted octanol–water partition coefficient (Wildman–Crippen LogP) is 2.45. The molecule has 2 rings (SSSR count). The molecule has 0 aliphatic heterocycles. The first-order valence-electron chi connectivity index (χ1n) is 8.60. The van der Waals surface area contributed by atoms with Gasteiger partial charge < -0.3 is 9.47 Å². The van der Waals surface area contributed by atoms with Gasteiger partial charge in [-0.2, -0.15) is 0 Å². The molecule has 0 aromatic heterocycles. The largest absolute Gasteiger partial charge is 0.482 e. The van der Waals surface area contributed by atoms with Crippen LogP contribution >= 0.6 is 0 Å². The molecule has 0 amide bonds. The van der Waals surface area contributed by atoms with Crippen LogP contribution in [-0.4, -0.2) is 44.9 Å². The summed E-state index contributed by atoms with van der Waals surface area (Å²) in [5.41, 5.74) is 1.03. The molecule has 1 atom stereocenters. The Morgan fingerprint density at radius 1 is 1.03 bits per heavy atom. The van der Waals surface area contributed by atoms with Crippen LogP contribution in [0, 0.1) is 0 Å². The van der Waals surface area contributed by atoms with Crippen LogP contribution in [0.25, 0.3) is 0 Å². The lowest BCUT2D eigenvalue weighted by Gasteiger charge is -2.13. The molecule has 29 heavy (non-hydrogen) atoms. The third kappa shape index (κ3) is 7.04. The van der Waals surface area contributed by atoms with Crippen molar-refractivity contribution in [2.45, 2.75) is 20.0 Å². The van der Waals surface area contributed by atoms with Crippen molar-refractivity contribution in [3.8, 4) is 5.75 Å². The van der Waals surface area contributed by atoms with Crippen LogP contribution < -0.4 is 9.46 Å². The normalized spacial score (nSPS) is 12.0. The maximum atomic E-state index is 12.4. The number of rotatable bonds is 9. The second-order valence-corrected chi connectivity index (χ2v) is 8.07. The van der Waals surface area contributed by atoms with Gasteiger partial charge in [0.15, 0.2) is 18.5 Å². The van der Waals surface area contributed by atoms with Gasteiger partial charge in [-0.25, -0.2) is 13.2 Å². The molecule has 2 aromatic carbocycles. The van der Waals surface area contributed by atoms with Crippen molar-refractivity contribution in [1.82, 2.24) is 0 Å². The molecule has 8 nitrogen and oxygen atoms in total. The van der Waals surface area contributed by atoms with Crippen LogP contribution in [0.1, 0.15) is 34.6 Å². The lowest BCUT2D eigenvalue weighted by Crippen LogP contribution is -2.27.